The van der Waals surface area contributed by atoms with E-state index in [2.05, 4.69) is 10.3 Å². The minimum Gasteiger partial charge on any atom is -0.442 e. The number of rotatable bonds is 5. The summed E-state index contributed by atoms with van der Waals surface area (Å²) in [5.41, 5.74) is 7.53. The second-order valence-electron chi connectivity index (χ2n) is 6.39. The lowest BCUT2D eigenvalue weighted by Gasteiger charge is -2.14. The number of cyclic esters (lactones) is 1. The van der Waals surface area contributed by atoms with Gasteiger partial charge in [-0.05, 0) is 23.8 Å². The number of nitriles is 1. The summed E-state index contributed by atoms with van der Waals surface area (Å²) >= 11 is 0. The van der Waals surface area contributed by atoms with E-state index in [1.54, 1.807) is 42.6 Å². The molecule has 2 aromatic rings. The van der Waals surface area contributed by atoms with E-state index in [1.165, 1.54) is 17.9 Å². The molecule has 148 valence electrons. The normalized spacial score (nSPS) is 16.3. The number of amidine groups is 1. The fraction of sp³-hybridized carbons (Fsp3) is 0.200. The first-order chi connectivity index (χ1) is 13.9. The quantitative estimate of drug-likeness (QED) is 0.456. The molecule has 9 heteroatoms. The van der Waals surface area contributed by atoms with Crippen LogP contribution in [0.15, 0.2) is 47.5 Å². The average molecular weight is 395 g/mol. The number of halogens is 1. The number of hydrogen-bond donors (Lipinski definition) is 2. The van der Waals surface area contributed by atoms with E-state index in [-0.39, 0.29) is 24.8 Å². The van der Waals surface area contributed by atoms with Crippen LogP contribution in [0.25, 0.3) is 11.1 Å². The van der Waals surface area contributed by atoms with Gasteiger partial charge >= 0.3 is 6.09 Å². The van der Waals surface area contributed by atoms with Crippen LogP contribution in [0.3, 0.4) is 0 Å². The van der Waals surface area contributed by atoms with Crippen molar-refractivity contribution in [1.29, 1.82) is 5.26 Å². The Labute approximate surface area is 166 Å². The predicted molar refractivity (Wildman–Crippen MR) is 104 cm³/mol. The van der Waals surface area contributed by atoms with Gasteiger partial charge in [0.25, 0.3) is 0 Å². The highest BCUT2D eigenvalue weighted by atomic mass is 19.1. The number of nitrogens with one attached hydrogen (secondary N) is 1. The highest BCUT2D eigenvalue weighted by Crippen LogP contribution is 2.29. The van der Waals surface area contributed by atoms with Gasteiger partial charge in [0.1, 0.15) is 17.8 Å². The van der Waals surface area contributed by atoms with Crippen molar-refractivity contribution in [2.45, 2.75) is 13.0 Å². The van der Waals surface area contributed by atoms with Crippen LogP contribution in [0.1, 0.15) is 12.5 Å². The largest absolute Gasteiger partial charge is 0.442 e. The summed E-state index contributed by atoms with van der Waals surface area (Å²) in [5.74, 6) is -0.648. The topological polar surface area (TPSA) is 121 Å². The molecule has 1 saturated heterocycles. The van der Waals surface area contributed by atoms with Crippen LogP contribution in [0.5, 0.6) is 0 Å². The Morgan fingerprint density at radius 2 is 2.10 bits per heavy atom. The summed E-state index contributed by atoms with van der Waals surface area (Å²) in [6, 6.07) is 11.1. The maximum absolute atomic E-state index is 14.7. The Morgan fingerprint density at radius 3 is 2.72 bits per heavy atom. The fourth-order valence-electron chi connectivity index (χ4n) is 2.94. The Hall–Kier alpha value is -3.93. The van der Waals surface area contributed by atoms with E-state index < -0.39 is 18.0 Å². The van der Waals surface area contributed by atoms with Gasteiger partial charge in [0.2, 0.25) is 12.1 Å². The van der Waals surface area contributed by atoms with Gasteiger partial charge in [0.15, 0.2) is 0 Å². The molecule has 3 rings (SSSR count). The number of nitrogens with two attached hydrogens (primary N) is 1. The zero-order valence-electron chi connectivity index (χ0n) is 15.6. The molecule has 0 unspecified atom stereocenters. The van der Waals surface area contributed by atoms with Crippen LogP contribution in [-0.4, -0.2) is 37.0 Å². The lowest BCUT2D eigenvalue weighted by Crippen LogP contribution is -2.33. The van der Waals surface area contributed by atoms with Gasteiger partial charge in [-0.1, -0.05) is 24.3 Å². The van der Waals surface area contributed by atoms with Gasteiger partial charge in [0, 0.05) is 18.1 Å². The molecule has 2 aromatic carbocycles. The van der Waals surface area contributed by atoms with Gasteiger partial charge in [-0.3, -0.25) is 9.69 Å². The minimum atomic E-state index is -0.593. The molecule has 0 spiro atoms. The second-order valence-corrected chi connectivity index (χ2v) is 6.39. The third-order valence-corrected chi connectivity index (χ3v) is 4.38. The molecule has 0 aromatic heterocycles. The van der Waals surface area contributed by atoms with Crippen molar-refractivity contribution in [3.8, 4) is 17.3 Å². The molecule has 1 heterocycles. The van der Waals surface area contributed by atoms with E-state index in [1.807, 2.05) is 0 Å². The zero-order valence-corrected chi connectivity index (χ0v) is 15.6. The van der Waals surface area contributed by atoms with Gasteiger partial charge in [-0.25, -0.2) is 9.18 Å². The Morgan fingerprint density at radius 1 is 1.38 bits per heavy atom. The predicted octanol–water partition coefficient (Wildman–Crippen LogP) is 2.14. The van der Waals surface area contributed by atoms with Crippen molar-refractivity contribution in [2.24, 2.45) is 10.7 Å². The maximum Gasteiger partial charge on any atom is 0.414 e. The Kier molecular flexibility index (Phi) is 5.74. The molecule has 0 radical (unpaired) electrons. The maximum atomic E-state index is 14.7. The first kappa shape index (κ1) is 19.8. The molecule has 1 aliphatic rings. The number of nitrogens with zero attached hydrogens (tertiary/aromatic N) is 3. The molecule has 1 aliphatic heterocycles. The summed E-state index contributed by atoms with van der Waals surface area (Å²) in [5, 5.41) is 11.1. The molecule has 8 nitrogen and oxygen atoms in total. The second kappa shape index (κ2) is 8.39. The molecule has 1 atom stereocenters. The number of benzene rings is 2. The fourth-order valence-corrected chi connectivity index (χ4v) is 2.94. The lowest BCUT2D eigenvalue weighted by molar-refractivity contribution is -0.119. The van der Waals surface area contributed by atoms with Crippen molar-refractivity contribution in [2.75, 3.05) is 18.0 Å². The number of ether oxygens (including phenoxy) is 1. The molecule has 0 bridgehead atoms. The van der Waals surface area contributed by atoms with Crippen LogP contribution in [-0.2, 0) is 9.53 Å². The van der Waals surface area contributed by atoms with Crippen LogP contribution < -0.4 is 16.0 Å². The van der Waals surface area contributed by atoms with Crippen molar-refractivity contribution in [3.05, 3.63) is 53.8 Å². The van der Waals surface area contributed by atoms with Gasteiger partial charge in [-0.2, -0.15) is 10.3 Å². The summed E-state index contributed by atoms with van der Waals surface area (Å²) in [6.45, 7) is 1.78. The SMILES string of the molecule is CC(=O)NC[C@H]1CN(c2ccc(-c3ccc(C(N)=NC#N)cc3)c(F)c2)C(=O)O1. The molecule has 29 heavy (non-hydrogen) atoms. The third kappa shape index (κ3) is 4.50. The standard InChI is InChI=1S/C20H18FN5O3/c1-12(27)24-9-16-10-26(20(28)29-16)15-6-7-17(18(21)8-15)13-2-4-14(5-3-13)19(23)25-11-22/h2-8,16H,9-10H2,1H3,(H2,23,25)(H,24,27)/t16-/m0/s1. The molecule has 2 amide bonds. The Bertz CT molecular complexity index is 1010. The van der Waals surface area contributed by atoms with Gasteiger partial charge in [-0.15, -0.1) is 0 Å². The number of aliphatic imine (C=N–C) groups is 1. The first-order valence-electron chi connectivity index (χ1n) is 8.74. The molecule has 0 aliphatic carbocycles. The number of carbonyl (C=O) groups is 2. The first-order valence-corrected chi connectivity index (χ1v) is 8.74. The molecular formula is C20H18FN5O3. The number of amides is 2. The number of carbonyl (C=O) groups excluding carboxylic acids is 2. The molecule has 1 fully saturated rings. The van der Waals surface area contributed by atoms with Crippen LogP contribution in [0.2, 0.25) is 0 Å². The lowest BCUT2D eigenvalue weighted by atomic mass is 10.0. The molecule has 0 saturated carbocycles. The van der Waals surface area contributed by atoms with Crippen molar-refractivity contribution < 1.29 is 18.7 Å². The van der Waals surface area contributed by atoms with E-state index in [0.717, 1.165) is 0 Å². The highest BCUT2D eigenvalue weighted by Gasteiger charge is 2.32. The summed E-state index contributed by atoms with van der Waals surface area (Å²) in [6.07, 6.45) is 0.523. The van der Waals surface area contributed by atoms with E-state index in [0.29, 0.717) is 22.4 Å². The third-order valence-electron chi connectivity index (χ3n) is 4.38. The minimum absolute atomic E-state index is 0.0798. The van der Waals surface area contributed by atoms with Gasteiger partial charge in [0.05, 0.1) is 18.8 Å². The van der Waals surface area contributed by atoms with Crippen LogP contribution >= 0.6 is 0 Å². The van der Waals surface area contributed by atoms with Crippen molar-refractivity contribution in [3.63, 3.8) is 0 Å². The monoisotopic (exact) mass is 395 g/mol. The number of anilines is 1. The highest BCUT2D eigenvalue weighted by molar-refractivity contribution is 5.98. The van der Waals surface area contributed by atoms with Crippen molar-refractivity contribution >= 4 is 23.5 Å². The number of hydrogen-bond acceptors (Lipinski definition) is 5. The summed E-state index contributed by atoms with van der Waals surface area (Å²) in [4.78, 5) is 27.9. The van der Waals surface area contributed by atoms with Crippen molar-refractivity contribution in [1.82, 2.24) is 5.32 Å². The van der Waals surface area contributed by atoms with E-state index >= 15 is 0 Å². The van der Waals surface area contributed by atoms with Gasteiger partial charge < -0.3 is 15.8 Å². The van der Waals surface area contributed by atoms with Crippen LogP contribution in [0, 0.1) is 17.3 Å². The van der Waals surface area contributed by atoms with E-state index in [9.17, 15) is 14.0 Å². The summed E-state index contributed by atoms with van der Waals surface area (Å²) in [7, 11) is 0. The molecule has 3 N–H and O–H groups in total. The van der Waals surface area contributed by atoms with E-state index in [4.69, 9.17) is 15.7 Å². The zero-order chi connectivity index (χ0) is 21.0. The van der Waals surface area contributed by atoms with Crippen LogP contribution in [0.4, 0.5) is 14.9 Å². The average Bonchev–Trinajstić information content (AvgIpc) is 3.07. The Balaban J connectivity index is 1.77. The smallest absolute Gasteiger partial charge is 0.414 e. The summed E-state index contributed by atoms with van der Waals surface area (Å²) < 4.78 is 19.9. The molecular weight excluding hydrogens is 377 g/mol.